The first-order valence-corrected chi connectivity index (χ1v) is 14.2. The van der Waals surface area contributed by atoms with Crippen LogP contribution in [0.15, 0.2) is 67.3 Å². The quantitative estimate of drug-likeness (QED) is 0.324. The Balaban J connectivity index is 1.38. The van der Waals surface area contributed by atoms with Crippen molar-refractivity contribution >= 4 is 16.9 Å². The van der Waals surface area contributed by atoms with Crippen LogP contribution < -0.4 is 21.3 Å². The second kappa shape index (κ2) is 11.2. The van der Waals surface area contributed by atoms with E-state index >= 15 is 0 Å². The van der Waals surface area contributed by atoms with Crippen molar-refractivity contribution < 1.29 is 23.8 Å². The number of hydrogen-bond acceptors (Lipinski definition) is 9. The summed E-state index contributed by atoms with van der Waals surface area (Å²) in [5.74, 6) is -1.21. The molecule has 1 fully saturated rings. The number of hydrogen-bond donors (Lipinski definition) is 1. The summed E-state index contributed by atoms with van der Waals surface area (Å²) in [6.45, 7) is 2.29. The van der Waals surface area contributed by atoms with E-state index in [4.69, 9.17) is 13.9 Å². The second-order valence-electron chi connectivity index (χ2n) is 11.4. The number of nitrogens with zero attached hydrogens (tertiary/aromatic N) is 3. The van der Waals surface area contributed by atoms with Crippen LogP contribution in [-0.2, 0) is 29.7 Å². The van der Waals surface area contributed by atoms with Crippen LogP contribution in [0.3, 0.4) is 0 Å². The molecule has 1 aromatic carbocycles. The van der Waals surface area contributed by atoms with Crippen molar-refractivity contribution in [3.8, 4) is 11.5 Å². The van der Waals surface area contributed by atoms with Gasteiger partial charge in [0.25, 0.3) is 11.1 Å². The third-order valence-corrected chi connectivity index (χ3v) is 8.69. The minimum atomic E-state index is -1.08. The highest BCUT2D eigenvalue weighted by Crippen LogP contribution is 2.37. The Labute approximate surface area is 246 Å². The number of piperidine rings is 1. The van der Waals surface area contributed by atoms with Gasteiger partial charge < -0.3 is 28.1 Å². The van der Waals surface area contributed by atoms with Gasteiger partial charge in [0.15, 0.2) is 5.76 Å². The number of carbonyl (C=O) groups excluding carboxylic acids is 1. The maximum Gasteiger partial charge on any atom is 0.306 e. The topological polar surface area (TPSA) is 133 Å². The van der Waals surface area contributed by atoms with E-state index in [2.05, 4.69) is 4.90 Å². The molecule has 2 bridgehead atoms. The van der Waals surface area contributed by atoms with Gasteiger partial charge >= 0.3 is 5.97 Å². The number of benzene rings is 1. The molecule has 0 amide bonds. The third kappa shape index (κ3) is 5.25. The number of aryl methyl sites for hydroxylation is 1. The predicted molar refractivity (Wildman–Crippen MR) is 158 cm³/mol. The van der Waals surface area contributed by atoms with Gasteiger partial charge in [0.1, 0.15) is 11.5 Å². The summed E-state index contributed by atoms with van der Waals surface area (Å²) in [7, 11) is 4.37. The number of aromatic nitrogens is 2. The van der Waals surface area contributed by atoms with Gasteiger partial charge in [-0.05, 0) is 42.0 Å². The molecule has 4 aromatic rings. The smallest absolute Gasteiger partial charge is 0.306 e. The molecule has 1 saturated heterocycles. The third-order valence-electron chi connectivity index (χ3n) is 8.69. The van der Waals surface area contributed by atoms with Crippen LogP contribution in [0.2, 0.25) is 0 Å². The Morgan fingerprint density at radius 3 is 2.65 bits per heavy atom. The number of carbonyl (C=O) groups is 1. The lowest BCUT2D eigenvalue weighted by molar-refractivity contribution is -0.140. The molecule has 3 atom stereocenters. The van der Waals surface area contributed by atoms with Crippen molar-refractivity contribution in [3.63, 3.8) is 0 Å². The van der Waals surface area contributed by atoms with Gasteiger partial charge in [0.05, 0.1) is 38.6 Å². The molecule has 11 heteroatoms. The fourth-order valence-corrected chi connectivity index (χ4v) is 6.65. The summed E-state index contributed by atoms with van der Waals surface area (Å²) in [4.78, 5) is 53.8. The first kappa shape index (κ1) is 28.5. The molecule has 0 unspecified atom stereocenters. The average molecular weight is 588 g/mol. The van der Waals surface area contributed by atoms with Crippen molar-refractivity contribution in [3.05, 3.63) is 102 Å². The molecule has 2 aliphatic heterocycles. The molecule has 2 aliphatic rings. The molecule has 0 aliphatic carbocycles. The highest BCUT2D eigenvalue weighted by Gasteiger charge is 2.35. The molecule has 3 aromatic heterocycles. The van der Waals surface area contributed by atoms with Crippen LogP contribution in [0.5, 0.6) is 11.5 Å². The van der Waals surface area contributed by atoms with Crippen molar-refractivity contribution in [1.82, 2.24) is 14.0 Å². The summed E-state index contributed by atoms with van der Waals surface area (Å²) >= 11 is 0. The lowest BCUT2D eigenvalue weighted by Crippen LogP contribution is -2.46. The Kier molecular flexibility index (Phi) is 7.43. The molecule has 0 saturated carbocycles. The molecule has 0 radical (unpaired) electrons. The van der Waals surface area contributed by atoms with E-state index in [9.17, 15) is 24.3 Å². The summed E-state index contributed by atoms with van der Waals surface area (Å²) in [5.41, 5.74) is 0.719. The van der Waals surface area contributed by atoms with Crippen molar-refractivity contribution in [2.75, 3.05) is 27.3 Å². The fourth-order valence-electron chi connectivity index (χ4n) is 6.65. The van der Waals surface area contributed by atoms with Crippen LogP contribution >= 0.6 is 0 Å². The maximum atomic E-state index is 13.6. The summed E-state index contributed by atoms with van der Waals surface area (Å²) in [6, 6.07) is 13.5. The number of ether oxygens (including phenoxy) is 2. The number of aromatic hydroxyl groups is 1. The van der Waals surface area contributed by atoms with E-state index in [-0.39, 0.29) is 41.7 Å². The fraction of sp³-hybridized carbons (Fsp3) is 0.375. The van der Waals surface area contributed by atoms with Gasteiger partial charge in [-0.3, -0.25) is 24.1 Å². The number of pyridine rings is 2. The van der Waals surface area contributed by atoms with Crippen molar-refractivity contribution in [1.29, 1.82) is 0 Å². The standard InChI is InChI=1S/C32H33N3O8/c1-33-26-11-21(41-2)8-7-19(26)10-24(32(33)40)23(13-29(38)42-3)31-30(39)27(36)12-22(43-31)17-34-14-18-9-20(16-34)25-5-4-6-28(37)35(25)15-18/h4-8,10-12,18,20,23,39H,9,13-17H2,1-3H3/t18-,20+,23-/m1/s1. The molecular formula is C32H33N3O8. The average Bonchev–Trinajstić information content (AvgIpc) is 3.00. The largest absolute Gasteiger partial charge is 0.502 e. The molecule has 1 N–H and O–H groups in total. The molecule has 224 valence electrons. The Bertz CT molecular complexity index is 1910. The minimum Gasteiger partial charge on any atom is -0.502 e. The highest BCUT2D eigenvalue weighted by atomic mass is 16.5. The molecule has 6 rings (SSSR count). The van der Waals surface area contributed by atoms with Crippen LogP contribution in [-0.4, -0.2) is 52.4 Å². The lowest BCUT2D eigenvalue weighted by atomic mass is 9.83. The Morgan fingerprint density at radius 2 is 1.88 bits per heavy atom. The van der Waals surface area contributed by atoms with Gasteiger partial charge in [0.2, 0.25) is 11.2 Å². The van der Waals surface area contributed by atoms with Crippen molar-refractivity contribution in [2.24, 2.45) is 13.0 Å². The van der Waals surface area contributed by atoms with E-state index < -0.39 is 28.6 Å². The molecule has 43 heavy (non-hydrogen) atoms. The van der Waals surface area contributed by atoms with Gasteiger partial charge in [-0.2, -0.15) is 0 Å². The van der Waals surface area contributed by atoms with Gasteiger partial charge in [0, 0.05) is 62.1 Å². The Hall–Kier alpha value is -4.64. The van der Waals surface area contributed by atoms with Crippen LogP contribution in [0.1, 0.15) is 47.5 Å². The van der Waals surface area contributed by atoms with Crippen LogP contribution in [0, 0.1) is 5.92 Å². The van der Waals surface area contributed by atoms with E-state index in [1.54, 1.807) is 43.4 Å². The summed E-state index contributed by atoms with van der Waals surface area (Å²) < 4.78 is 19.7. The van der Waals surface area contributed by atoms with E-state index in [1.807, 2.05) is 10.6 Å². The number of esters is 1. The normalized spacial score (nSPS) is 18.7. The van der Waals surface area contributed by atoms with Gasteiger partial charge in [-0.1, -0.05) is 6.07 Å². The predicted octanol–water partition coefficient (Wildman–Crippen LogP) is 2.68. The molecular weight excluding hydrogens is 554 g/mol. The van der Waals surface area contributed by atoms with E-state index in [0.29, 0.717) is 42.0 Å². The monoisotopic (exact) mass is 587 g/mol. The summed E-state index contributed by atoms with van der Waals surface area (Å²) in [6.07, 6.45) is 0.649. The number of likely N-dealkylation sites (tertiary alicyclic amines) is 1. The number of methoxy groups -OCH3 is 2. The molecule has 11 nitrogen and oxygen atoms in total. The first-order chi connectivity index (χ1) is 20.7. The Morgan fingerprint density at radius 1 is 1.07 bits per heavy atom. The minimum absolute atomic E-state index is 0.00504. The maximum absolute atomic E-state index is 13.6. The molecule has 0 spiro atoms. The zero-order valence-electron chi connectivity index (χ0n) is 24.2. The number of fused-ring (bicyclic) bond motifs is 5. The second-order valence-corrected chi connectivity index (χ2v) is 11.4. The molecule has 5 heterocycles. The van der Waals surface area contributed by atoms with Gasteiger partial charge in [-0.15, -0.1) is 0 Å². The highest BCUT2D eigenvalue weighted by molar-refractivity contribution is 5.82. The summed E-state index contributed by atoms with van der Waals surface area (Å²) in [5, 5.41) is 11.6. The van der Waals surface area contributed by atoms with E-state index in [0.717, 1.165) is 12.1 Å². The van der Waals surface area contributed by atoms with Crippen LogP contribution in [0.25, 0.3) is 10.9 Å². The van der Waals surface area contributed by atoms with Crippen LogP contribution in [0.4, 0.5) is 0 Å². The SMILES string of the molecule is COC(=O)C[C@@H](c1oc(CN2C[C@H]3C[C@@H](C2)c2cccc(=O)n2C3)cc(=O)c1O)c1cc2ccc(OC)cc2n(C)c1=O. The van der Waals surface area contributed by atoms with Crippen molar-refractivity contribution in [2.45, 2.75) is 37.8 Å². The lowest BCUT2D eigenvalue weighted by Gasteiger charge is -2.42. The first-order valence-electron chi connectivity index (χ1n) is 14.2. The zero-order chi connectivity index (χ0) is 30.4. The van der Waals surface area contributed by atoms with E-state index in [1.165, 1.54) is 24.9 Å². The van der Waals surface area contributed by atoms with Gasteiger partial charge in [-0.25, -0.2) is 0 Å². The zero-order valence-corrected chi connectivity index (χ0v) is 24.2. The number of rotatable bonds is 7.